The molecule has 2 aliphatic rings. The van der Waals surface area contributed by atoms with Gasteiger partial charge in [-0.1, -0.05) is 31.0 Å². The fraction of sp³-hybridized carbons (Fsp3) is 0.577. The molecule has 0 saturated heterocycles. The third-order valence-corrected chi connectivity index (χ3v) is 7.50. The summed E-state index contributed by atoms with van der Waals surface area (Å²) >= 11 is 1.77. The molecule has 2 aromatic rings. The number of carbonyl (C=O) groups excluding carboxylic acids is 1. The van der Waals surface area contributed by atoms with E-state index < -0.39 is 0 Å². The summed E-state index contributed by atoms with van der Waals surface area (Å²) in [5.74, 6) is 1.66. The number of fused-ring (bicyclic) bond motifs is 1. The molecule has 0 radical (unpaired) electrons. The number of hydrogen-bond acceptors (Lipinski definition) is 5. The van der Waals surface area contributed by atoms with Crippen molar-refractivity contribution in [2.45, 2.75) is 58.1 Å². The van der Waals surface area contributed by atoms with Gasteiger partial charge in [-0.15, -0.1) is 11.3 Å². The van der Waals surface area contributed by atoms with Crippen LogP contribution in [-0.2, 0) is 11.2 Å². The van der Waals surface area contributed by atoms with Gasteiger partial charge in [-0.3, -0.25) is 9.69 Å². The number of ether oxygens (including phenoxy) is 1. The summed E-state index contributed by atoms with van der Waals surface area (Å²) in [7, 11) is 0. The second-order valence-electron chi connectivity index (χ2n) is 9.36. The molecular weight excluding hydrogens is 420 g/mol. The van der Waals surface area contributed by atoms with Crippen LogP contribution >= 0.6 is 11.3 Å². The van der Waals surface area contributed by atoms with E-state index in [9.17, 15) is 9.90 Å². The van der Waals surface area contributed by atoms with E-state index in [-0.39, 0.29) is 18.1 Å². The van der Waals surface area contributed by atoms with E-state index in [2.05, 4.69) is 30.2 Å². The lowest BCUT2D eigenvalue weighted by atomic mass is 10.0. The highest BCUT2D eigenvalue weighted by Crippen LogP contribution is 2.34. The largest absolute Gasteiger partial charge is 0.491 e. The monoisotopic (exact) mass is 456 g/mol. The van der Waals surface area contributed by atoms with Gasteiger partial charge in [-0.2, -0.15) is 0 Å². The minimum absolute atomic E-state index is 0.0675. The predicted molar refractivity (Wildman–Crippen MR) is 129 cm³/mol. The molecule has 4 rings (SSSR count). The van der Waals surface area contributed by atoms with Crippen molar-refractivity contribution >= 4 is 17.2 Å². The van der Waals surface area contributed by atoms with Crippen LogP contribution in [0.25, 0.3) is 0 Å². The van der Waals surface area contributed by atoms with Crippen molar-refractivity contribution in [1.29, 1.82) is 0 Å². The van der Waals surface area contributed by atoms with Gasteiger partial charge in [0.25, 0.3) is 0 Å². The molecule has 6 heteroatoms. The number of amides is 1. The van der Waals surface area contributed by atoms with E-state index in [1.807, 2.05) is 29.2 Å². The predicted octanol–water partition coefficient (Wildman–Crippen LogP) is 4.43. The fourth-order valence-electron chi connectivity index (χ4n) is 4.56. The Morgan fingerprint density at radius 1 is 1.28 bits per heavy atom. The first-order valence-corrected chi connectivity index (χ1v) is 12.9. The molecule has 2 atom stereocenters. The van der Waals surface area contributed by atoms with Crippen LogP contribution < -0.4 is 4.74 Å². The molecule has 1 amide bonds. The van der Waals surface area contributed by atoms with Crippen molar-refractivity contribution in [2.24, 2.45) is 5.92 Å². The van der Waals surface area contributed by atoms with Crippen LogP contribution in [0.1, 0.15) is 54.7 Å². The third-order valence-electron chi connectivity index (χ3n) is 6.51. The van der Waals surface area contributed by atoms with Gasteiger partial charge in [0, 0.05) is 24.5 Å². The van der Waals surface area contributed by atoms with Gasteiger partial charge in [0.05, 0.1) is 18.7 Å². The smallest absolute Gasteiger partial charge is 0.237 e. The molecule has 174 valence electrons. The van der Waals surface area contributed by atoms with E-state index >= 15 is 0 Å². The Kier molecular flexibility index (Phi) is 7.87. The molecule has 0 spiro atoms. The topological polar surface area (TPSA) is 53.0 Å². The summed E-state index contributed by atoms with van der Waals surface area (Å²) < 4.78 is 6.14. The van der Waals surface area contributed by atoms with Crippen LogP contribution in [0.15, 0.2) is 35.7 Å². The van der Waals surface area contributed by atoms with Crippen LogP contribution in [0, 0.1) is 12.8 Å². The molecule has 2 heterocycles. The molecule has 1 N–H and O–H groups in total. The summed E-state index contributed by atoms with van der Waals surface area (Å²) in [6.07, 6.45) is 4.76. The van der Waals surface area contributed by atoms with Crippen LogP contribution in [0.2, 0.25) is 0 Å². The lowest BCUT2D eigenvalue weighted by Gasteiger charge is -2.37. The molecule has 1 aliphatic carbocycles. The molecule has 1 saturated carbocycles. The lowest BCUT2D eigenvalue weighted by molar-refractivity contribution is -0.136. The molecule has 1 fully saturated rings. The van der Waals surface area contributed by atoms with Crippen LogP contribution in [0.5, 0.6) is 5.75 Å². The van der Waals surface area contributed by atoms with Gasteiger partial charge in [0.2, 0.25) is 5.91 Å². The van der Waals surface area contributed by atoms with Crippen LogP contribution in [-0.4, -0.2) is 59.7 Å². The lowest BCUT2D eigenvalue weighted by Crippen LogP contribution is -2.48. The first-order chi connectivity index (χ1) is 15.5. The highest BCUT2D eigenvalue weighted by Gasteiger charge is 2.34. The van der Waals surface area contributed by atoms with Gasteiger partial charge in [0.1, 0.15) is 12.4 Å². The van der Waals surface area contributed by atoms with Gasteiger partial charge in [-0.25, -0.2) is 0 Å². The van der Waals surface area contributed by atoms with E-state index in [1.54, 1.807) is 11.3 Å². The number of aliphatic hydroxyl groups excluding tert-OH is 1. The number of aliphatic hydroxyl groups is 1. The van der Waals surface area contributed by atoms with Gasteiger partial charge >= 0.3 is 0 Å². The highest BCUT2D eigenvalue weighted by atomic mass is 32.1. The maximum Gasteiger partial charge on any atom is 0.237 e. The van der Waals surface area contributed by atoms with Crippen molar-refractivity contribution in [1.82, 2.24) is 9.80 Å². The summed E-state index contributed by atoms with van der Waals surface area (Å²) in [5.41, 5.74) is 2.43. The quantitative estimate of drug-likeness (QED) is 0.543. The number of nitrogens with zero attached hydrogens (tertiary/aromatic N) is 2. The zero-order chi connectivity index (χ0) is 22.5. The average molecular weight is 457 g/mol. The molecular formula is C26H36N2O3S. The Balaban J connectivity index is 1.44. The molecule has 0 unspecified atom stereocenters. The number of thiophene rings is 1. The molecule has 1 aliphatic heterocycles. The number of benzene rings is 1. The zero-order valence-electron chi connectivity index (χ0n) is 19.3. The number of rotatable bonds is 11. The van der Waals surface area contributed by atoms with E-state index in [4.69, 9.17) is 4.74 Å². The second kappa shape index (κ2) is 10.8. The Morgan fingerprint density at radius 3 is 2.78 bits per heavy atom. The van der Waals surface area contributed by atoms with Gasteiger partial charge in [0.15, 0.2) is 0 Å². The summed E-state index contributed by atoms with van der Waals surface area (Å²) in [5, 5.41) is 12.5. The summed E-state index contributed by atoms with van der Waals surface area (Å²) in [6, 6.07) is 10.2. The summed E-state index contributed by atoms with van der Waals surface area (Å²) in [6.45, 7) is 7.20. The van der Waals surface area contributed by atoms with Crippen molar-refractivity contribution in [3.05, 3.63) is 51.7 Å². The van der Waals surface area contributed by atoms with Crippen LogP contribution in [0.4, 0.5) is 0 Å². The fourth-order valence-corrected chi connectivity index (χ4v) is 5.49. The second-order valence-corrected chi connectivity index (χ2v) is 10.4. The number of aryl methyl sites for hydroxylation is 1. The minimum Gasteiger partial charge on any atom is -0.491 e. The standard InChI is InChI=1S/C26H36N2O3S/c1-3-4-21(29)16-27(15-20-7-8-20)17-26(30)28-13-11-25-23(12-14-32-25)24(28)18-31-22-9-5-19(2)6-10-22/h5-6,9-10,12,14,20-21,24,29H,3-4,7-8,11,13,15-18H2,1-2H3/t21-,24-/m1/s1. The maximum absolute atomic E-state index is 13.5. The average Bonchev–Trinajstić information content (AvgIpc) is 3.45. The minimum atomic E-state index is -0.364. The van der Waals surface area contributed by atoms with E-state index in [0.717, 1.165) is 38.1 Å². The molecule has 5 nitrogen and oxygen atoms in total. The highest BCUT2D eigenvalue weighted by molar-refractivity contribution is 7.10. The van der Waals surface area contributed by atoms with Crippen molar-refractivity contribution < 1.29 is 14.6 Å². The first-order valence-electron chi connectivity index (χ1n) is 12.0. The van der Waals surface area contributed by atoms with E-state index in [0.29, 0.717) is 25.6 Å². The number of carbonyl (C=O) groups is 1. The van der Waals surface area contributed by atoms with Gasteiger partial charge in [-0.05, 0) is 67.7 Å². The summed E-state index contributed by atoms with van der Waals surface area (Å²) in [4.78, 5) is 19.1. The Bertz CT molecular complexity index is 877. The normalized spacial score (nSPS) is 19.1. The molecule has 1 aromatic heterocycles. The first kappa shape index (κ1) is 23.3. The Labute approximate surface area is 196 Å². The third kappa shape index (κ3) is 6.12. The van der Waals surface area contributed by atoms with Crippen molar-refractivity contribution in [3.63, 3.8) is 0 Å². The maximum atomic E-state index is 13.5. The van der Waals surface area contributed by atoms with Crippen molar-refractivity contribution in [3.8, 4) is 5.75 Å². The van der Waals surface area contributed by atoms with Gasteiger partial charge < -0.3 is 14.7 Å². The SMILES string of the molecule is CCC[C@@H](O)CN(CC(=O)N1CCc2sccc2[C@H]1COc1ccc(C)cc1)CC1CC1. The Hall–Kier alpha value is -1.89. The Morgan fingerprint density at radius 2 is 2.06 bits per heavy atom. The van der Waals surface area contributed by atoms with E-state index in [1.165, 1.54) is 28.8 Å². The zero-order valence-corrected chi connectivity index (χ0v) is 20.2. The molecule has 1 aromatic carbocycles. The molecule has 32 heavy (non-hydrogen) atoms. The van der Waals surface area contributed by atoms with Crippen molar-refractivity contribution in [2.75, 3.05) is 32.8 Å². The van der Waals surface area contributed by atoms with Crippen LogP contribution in [0.3, 0.4) is 0 Å². The number of hydrogen-bond donors (Lipinski definition) is 1. The molecule has 0 bridgehead atoms.